The van der Waals surface area contributed by atoms with Gasteiger partial charge in [-0.15, -0.1) is 0 Å². The maximum atomic E-state index is 12.1. The topological polar surface area (TPSA) is 86.3 Å². The lowest BCUT2D eigenvalue weighted by Crippen LogP contribution is -2.31. The van der Waals surface area contributed by atoms with Crippen LogP contribution in [-0.2, 0) is 11.3 Å². The van der Waals surface area contributed by atoms with Gasteiger partial charge in [-0.05, 0) is 18.9 Å². The van der Waals surface area contributed by atoms with Crippen LogP contribution < -0.4 is 0 Å². The van der Waals surface area contributed by atoms with E-state index >= 15 is 0 Å². The number of H-pyrrole nitrogens is 1. The van der Waals surface area contributed by atoms with E-state index in [4.69, 9.17) is 5.11 Å². The third-order valence-electron chi connectivity index (χ3n) is 3.34. The minimum absolute atomic E-state index is 0.0216. The van der Waals surface area contributed by atoms with Gasteiger partial charge in [-0.3, -0.25) is 9.89 Å². The van der Waals surface area contributed by atoms with Gasteiger partial charge >= 0.3 is 5.97 Å². The minimum Gasteiger partial charge on any atom is -0.476 e. The van der Waals surface area contributed by atoms with Crippen molar-refractivity contribution in [3.8, 4) is 0 Å². The van der Waals surface area contributed by atoms with Crippen LogP contribution in [0.3, 0.4) is 0 Å². The average molecular weight is 251 g/mol. The molecule has 1 fully saturated rings. The summed E-state index contributed by atoms with van der Waals surface area (Å²) in [6, 6.07) is 1.46. The quantitative estimate of drug-likeness (QED) is 0.843. The van der Waals surface area contributed by atoms with Gasteiger partial charge in [0.25, 0.3) is 0 Å². The summed E-state index contributed by atoms with van der Waals surface area (Å²) >= 11 is 0. The van der Waals surface area contributed by atoms with Gasteiger partial charge in [-0.25, -0.2) is 4.79 Å². The number of nitrogens with zero attached hydrogens (tertiary/aromatic N) is 2. The first kappa shape index (κ1) is 12.6. The Balaban J connectivity index is 1.95. The van der Waals surface area contributed by atoms with Gasteiger partial charge < -0.3 is 10.0 Å². The number of amides is 1. The summed E-state index contributed by atoms with van der Waals surface area (Å²) in [4.78, 5) is 24.4. The first-order valence-electron chi connectivity index (χ1n) is 6.10. The SMILES string of the molecule is CN(Cc1cc(C(=O)O)n[nH]1)C(=O)C1CCCC1. The van der Waals surface area contributed by atoms with Crippen LogP contribution in [-0.4, -0.2) is 39.1 Å². The second-order valence-electron chi connectivity index (χ2n) is 4.76. The molecule has 1 amide bonds. The van der Waals surface area contributed by atoms with Crippen molar-refractivity contribution in [2.75, 3.05) is 7.05 Å². The van der Waals surface area contributed by atoms with Gasteiger partial charge in [0, 0.05) is 13.0 Å². The van der Waals surface area contributed by atoms with Crippen molar-refractivity contribution in [3.63, 3.8) is 0 Å². The van der Waals surface area contributed by atoms with E-state index in [1.807, 2.05) is 0 Å². The average Bonchev–Trinajstić information content (AvgIpc) is 2.98. The number of aromatic amines is 1. The van der Waals surface area contributed by atoms with Gasteiger partial charge in [0.2, 0.25) is 5.91 Å². The predicted molar refractivity (Wildman–Crippen MR) is 64.0 cm³/mol. The first-order chi connectivity index (χ1) is 8.58. The molecule has 0 aliphatic heterocycles. The zero-order valence-corrected chi connectivity index (χ0v) is 10.3. The molecule has 18 heavy (non-hydrogen) atoms. The number of aromatic nitrogens is 2. The Morgan fingerprint density at radius 3 is 2.72 bits per heavy atom. The smallest absolute Gasteiger partial charge is 0.356 e. The molecule has 1 aromatic heterocycles. The number of aromatic carboxylic acids is 1. The monoisotopic (exact) mass is 251 g/mol. The molecule has 0 spiro atoms. The van der Waals surface area contributed by atoms with Crippen molar-refractivity contribution in [2.24, 2.45) is 5.92 Å². The molecule has 0 radical (unpaired) electrons. The van der Waals surface area contributed by atoms with Crippen LogP contribution in [0.25, 0.3) is 0 Å². The Kier molecular flexibility index (Phi) is 3.64. The van der Waals surface area contributed by atoms with Crippen molar-refractivity contribution in [1.29, 1.82) is 0 Å². The minimum atomic E-state index is -1.07. The third-order valence-corrected chi connectivity index (χ3v) is 3.34. The molecule has 0 saturated heterocycles. The molecule has 2 rings (SSSR count). The fourth-order valence-electron chi connectivity index (χ4n) is 2.37. The molecular formula is C12H17N3O3. The zero-order chi connectivity index (χ0) is 13.1. The lowest BCUT2D eigenvalue weighted by atomic mass is 10.1. The summed E-state index contributed by atoms with van der Waals surface area (Å²) in [5.41, 5.74) is 0.618. The molecule has 1 saturated carbocycles. The van der Waals surface area contributed by atoms with Gasteiger partial charge in [0.05, 0.1) is 12.2 Å². The van der Waals surface area contributed by atoms with Crippen molar-refractivity contribution in [1.82, 2.24) is 15.1 Å². The van der Waals surface area contributed by atoms with Crippen molar-refractivity contribution < 1.29 is 14.7 Å². The molecule has 0 bridgehead atoms. The highest BCUT2D eigenvalue weighted by atomic mass is 16.4. The van der Waals surface area contributed by atoms with E-state index in [9.17, 15) is 9.59 Å². The summed E-state index contributed by atoms with van der Waals surface area (Å²) in [6.07, 6.45) is 4.17. The molecule has 1 heterocycles. The maximum absolute atomic E-state index is 12.1. The fraction of sp³-hybridized carbons (Fsp3) is 0.583. The number of carbonyl (C=O) groups excluding carboxylic acids is 1. The lowest BCUT2D eigenvalue weighted by molar-refractivity contribution is -0.134. The number of carboxylic acids is 1. The van der Waals surface area contributed by atoms with Crippen LogP contribution >= 0.6 is 0 Å². The Labute approximate surface area is 105 Å². The van der Waals surface area contributed by atoms with Crippen LogP contribution in [0.5, 0.6) is 0 Å². The highest BCUT2D eigenvalue weighted by Crippen LogP contribution is 2.26. The molecule has 2 N–H and O–H groups in total. The molecule has 6 heteroatoms. The van der Waals surface area contributed by atoms with Crippen molar-refractivity contribution in [3.05, 3.63) is 17.5 Å². The summed E-state index contributed by atoms with van der Waals surface area (Å²) in [7, 11) is 1.74. The largest absolute Gasteiger partial charge is 0.476 e. The van der Waals surface area contributed by atoms with E-state index < -0.39 is 5.97 Å². The van der Waals surface area contributed by atoms with E-state index in [0.29, 0.717) is 12.2 Å². The summed E-state index contributed by atoms with van der Waals surface area (Å²) < 4.78 is 0. The Bertz CT molecular complexity index is 449. The molecular weight excluding hydrogens is 234 g/mol. The van der Waals surface area contributed by atoms with E-state index in [1.165, 1.54) is 6.07 Å². The zero-order valence-electron chi connectivity index (χ0n) is 10.3. The van der Waals surface area contributed by atoms with Crippen LogP contribution in [0.4, 0.5) is 0 Å². The molecule has 1 aromatic rings. The number of hydrogen-bond donors (Lipinski definition) is 2. The molecule has 1 aliphatic carbocycles. The number of rotatable bonds is 4. The second-order valence-corrected chi connectivity index (χ2v) is 4.76. The maximum Gasteiger partial charge on any atom is 0.356 e. The lowest BCUT2D eigenvalue weighted by Gasteiger charge is -2.19. The standard InChI is InChI=1S/C12H17N3O3/c1-15(11(16)8-4-2-3-5-8)7-9-6-10(12(17)18)14-13-9/h6,8H,2-5,7H2,1H3,(H,13,14)(H,17,18). The molecule has 0 aromatic carbocycles. The number of nitrogens with one attached hydrogen (secondary N) is 1. The first-order valence-corrected chi connectivity index (χ1v) is 6.10. The Morgan fingerprint density at radius 1 is 1.50 bits per heavy atom. The molecule has 6 nitrogen and oxygen atoms in total. The van der Waals surface area contributed by atoms with Gasteiger partial charge in [-0.2, -0.15) is 5.10 Å². The molecule has 0 unspecified atom stereocenters. The summed E-state index contributed by atoms with van der Waals surface area (Å²) in [5.74, 6) is -0.793. The fourth-order valence-corrected chi connectivity index (χ4v) is 2.37. The number of hydrogen-bond acceptors (Lipinski definition) is 3. The molecule has 98 valence electrons. The van der Waals surface area contributed by atoms with Gasteiger partial charge in [-0.1, -0.05) is 12.8 Å². The normalized spacial score (nSPS) is 15.8. The van der Waals surface area contributed by atoms with Crippen LogP contribution in [0.1, 0.15) is 41.9 Å². The number of carbonyl (C=O) groups is 2. The van der Waals surface area contributed by atoms with E-state index in [2.05, 4.69) is 10.2 Å². The van der Waals surface area contributed by atoms with E-state index in [0.717, 1.165) is 25.7 Å². The molecule has 0 atom stereocenters. The Morgan fingerprint density at radius 2 is 2.17 bits per heavy atom. The van der Waals surface area contributed by atoms with Gasteiger partial charge in [0.15, 0.2) is 5.69 Å². The van der Waals surface area contributed by atoms with Crippen LogP contribution in [0.2, 0.25) is 0 Å². The summed E-state index contributed by atoms with van der Waals surface area (Å²) in [6.45, 7) is 0.371. The predicted octanol–water partition coefficient (Wildman–Crippen LogP) is 1.26. The summed E-state index contributed by atoms with van der Waals surface area (Å²) in [5, 5.41) is 15.1. The number of carboxylic acid groups (broad SMARTS) is 1. The Hall–Kier alpha value is -1.85. The highest BCUT2D eigenvalue weighted by Gasteiger charge is 2.25. The van der Waals surface area contributed by atoms with Gasteiger partial charge in [0.1, 0.15) is 0 Å². The van der Waals surface area contributed by atoms with E-state index in [-0.39, 0.29) is 17.5 Å². The van der Waals surface area contributed by atoms with Crippen LogP contribution in [0.15, 0.2) is 6.07 Å². The van der Waals surface area contributed by atoms with Crippen molar-refractivity contribution >= 4 is 11.9 Å². The highest BCUT2D eigenvalue weighted by molar-refractivity contribution is 5.85. The van der Waals surface area contributed by atoms with Crippen molar-refractivity contribution in [2.45, 2.75) is 32.2 Å². The van der Waals surface area contributed by atoms with Crippen LogP contribution in [0, 0.1) is 5.92 Å². The third kappa shape index (κ3) is 2.69. The molecule has 1 aliphatic rings. The second kappa shape index (κ2) is 5.20. The van der Waals surface area contributed by atoms with E-state index in [1.54, 1.807) is 11.9 Å².